The van der Waals surface area contributed by atoms with Gasteiger partial charge in [0.05, 0.1) is 14.2 Å². The van der Waals surface area contributed by atoms with Crippen molar-refractivity contribution in [3.63, 3.8) is 0 Å². The van der Waals surface area contributed by atoms with Crippen LogP contribution in [0.15, 0.2) is 72.8 Å². The molecule has 0 amide bonds. The van der Waals surface area contributed by atoms with E-state index in [1.165, 1.54) is 5.56 Å². The van der Waals surface area contributed by atoms with Crippen molar-refractivity contribution in [2.45, 2.75) is 12.8 Å². The predicted molar refractivity (Wildman–Crippen MR) is 112 cm³/mol. The van der Waals surface area contributed by atoms with E-state index in [0.29, 0.717) is 6.54 Å². The summed E-state index contributed by atoms with van der Waals surface area (Å²) in [5.74, 6) is 1.68. The first-order valence-corrected chi connectivity index (χ1v) is 9.13. The van der Waals surface area contributed by atoms with E-state index >= 15 is 0 Å². The van der Waals surface area contributed by atoms with E-state index in [9.17, 15) is 0 Å². The van der Waals surface area contributed by atoms with Crippen molar-refractivity contribution in [1.82, 2.24) is 0 Å². The van der Waals surface area contributed by atoms with Gasteiger partial charge in [-0.15, -0.1) is 0 Å². The number of anilines is 3. The fraction of sp³-hybridized carbons (Fsp3) is 0.217. The summed E-state index contributed by atoms with van der Waals surface area (Å²) in [4.78, 5) is 2.25. The molecule has 0 fully saturated rings. The molecule has 0 aliphatic rings. The fourth-order valence-electron chi connectivity index (χ4n) is 3.12. The van der Waals surface area contributed by atoms with Gasteiger partial charge in [-0.05, 0) is 79.5 Å². The number of para-hydroxylation sites is 1. The predicted octanol–water partition coefficient (Wildman–Crippen LogP) is 5.06. The van der Waals surface area contributed by atoms with Crippen molar-refractivity contribution in [1.29, 1.82) is 0 Å². The second-order valence-electron chi connectivity index (χ2n) is 6.25. The molecular weight excluding hydrogens is 336 g/mol. The topological polar surface area (TPSA) is 47.7 Å². The van der Waals surface area contributed by atoms with Gasteiger partial charge >= 0.3 is 0 Å². The highest BCUT2D eigenvalue weighted by Gasteiger charge is 2.15. The first-order chi connectivity index (χ1) is 13.3. The van der Waals surface area contributed by atoms with E-state index in [-0.39, 0.29) is 0 Å². The number of benzene rings is 3. The highest BCUT2D eigenvalue weighted by atomic mass is 16.5. The number of nitrogens with two attached hydrogens (primary N) is 1. The molecule has 0 spiro atoms. The summed E-state index contributed by atoms with van der Waals surface area (Å²) in [6.45, 7) is 0.680. The maximum absolute atomic E-state index is 5.75. The van der Waals surface area contributed by atoms with E-state index in [0.717, 1.165) is 41.4 Å². The lowest BCUT2D eigenvalue weighted by Gasteiger charge is -2.28. The quantitative estimate of drug-likeness (QED) is 0.608. The Labute approximate surface area is 161 Å². The molecule has 0 saturated heterocycles. The van der Waals surface area contributed by atoms with Crippen molar-refractivity contribution < 1.29 is 9.47 Å². The second-order valence-corrected chi connectivity index (χ2v) is 6.25. The molecule has 4 nitrogen and oxygen atoms in total. The summed E-state index contributed by atoms with van der Waals surface area (Å²) in [5, 5.41) is 0. The Hall–Kier alpha value is -2.98. The number of nitrogens with zero attached hydrogens (tertiary/aromatic N) is 1. The van der Waals surface area contributed by atoms with Crippen LogP contribution in [0.1, 0.15) is 12.0 Å². The number of hydrogen-bond donors (Lipinski definition) is 1. The zero-order valence-electron chi connectivity index (χ0n) is 15.9. The average molecular weight is 362 g/mol. The molecule has 0 atom stereocenters. The molecule has 3 aromatic carbocycles. The van der Waals surface area contributed by atoms with Gasteiger partial charge in [-0.3, -0.25) is 0 Å². The van der Waals surface area contributed by atoms with Crippen LogP contribution in [-0.4, -0.2) is 20.8 Å². The van der Waals surface area contributed by atoms with Crippen molar-refractivity contribution >= 4 is 17.1 Å². The van der Waals surface area contributed by atoms with Crippen LogP contribution in [0.3, 0.4) is 0 Å². The van der Waals surface area contributed by atoms with Crippen molar-refractivity contribution in [2.75, 3.05) is 25.7 Å². The summed E-state index contributed by atoms with van der Waals surface area (Å²) in [6, 6.07) is 24.7. The van der Waals surface area contributed by atoms with Gasteiger partial charge in [0.25, 0.3) is 0 Å². The van der Waals surface area contributed by atoms with Crippen LogP contribution in [0.2, 0.25) is 0 Å². The minimum absolute atomic E-state index is 0.680. The molecule has 0 saturated carbocycles. The number of rotatable bonds is 8. The standard InChI is InChI=1S/C23H26N2O2/c1-26-21-13-9-19(10-14-21)25(20-11-15-22(27-2)16-12-20)23-8-4-3-6-18(23)7-5-17-24/h3-4,6,8-16H,5,7,17,24H2,1-2H3. The molecule has 0 unspecified atom stereocenters. The van der Waals surface area contributed by atoms with E-state index in [2.05, 4.69) is 53.4 Å². The van der Waals surface area contributed by atoms with Crippen LogP contribution in [0.4, 0.5) is 17.1 Å². The fourth-order valence-corrected chi connectivity index (χ4v) is 3.12. The summed E-state index contributed by atoms with van der Waals surface area (Å²) in [6.07, 6.45) is 1.89. The molecule has 0 bridgehead atoms. The van der Waals surface area contributed by atoms with Crippen molar-refractivity contribution in [3.05, 3.63) is 78.4 Å². The van der Waals surface area contributed by atoms with E-state index < -0.39 is 0 Å². The zero-order chi connectivity index (χ0) is 19.1. The van der Waals surface area contributed by atoms with Gasteiger partial charge in [-0.2, -0.15) is 0 Å². The molecule has 0 aliphatic carbocycles. The van der Waals surface area contributed by atoms with Crippen LogP contribution < -0.4 is 20.1 Å². The van der Waals surface area contributed by atoms with Crippen LogP contribution in [-0.2, 0) is 6.42 Å². The maximum atomic E-state index is 5.75. The lowest BCUT2D eigenvalue weighted by molar-refractivity contribution is 0.415. The minimum Gasteiger partial charge on any atom is -0.497 e. The van der Waals surface area contributed by atoms with Crippen LogP contribution in [0.5, 0.6) is 11.5 Å². The normalized spacial score (nSPS) is 10.5. The summed E-state index contributed by atoms with van der Waals surface area (Å²) < 4.78 is 10.6. The molecule has 27 heavy (non-hydrogen) atoms. The molecule has 2 N–H and O–H groups in total. The Bertz CT molecular complexity index is 798. The van der Waals surface area contributed by atoms with Gasteiger partial charge in [0.2, 0.25) is 0 Å². The number of aryl methyl sites for hydroxylation is 1. The highest BCUT2D eigenvalue weighted by Crippen LogP contribution is 2.38. The zero-order valence-corrected chi connectivity index (χ0v) is 15.9. The lowest BCUT2D eigenvalue weighted by Crippen LogP contribution is -2.13. The molecule has 3 aromatic rings. The largest absolute Gasteiger partial charge is 0.497 e. The Morgan fingerprint density at radius 3 is 1.74 bits per heavy atom. The average Bonchev–Trinajstić information content (AvgIpc) is 2.74. The van der Waals surface area contributed by atoms with Gasteiger partial charge in [-0.25, -0.2) is 0 Å². The van der Waals surface area contributed by atoms with Crippen LogP contribution >= 0.6 is 0 Å². The second kappa shape index (κ2) is 9.10. The van der Waals surface area contributed by atoms with Gasteiger partial charge in [-0.1, -0.05) is 18.2 Å². The SMILES string of the molecule is COc1ccc(N(c2ccc(OC)cc2)c2ccccc2CCCN)cc1. The molecule has 0 aromatic heterocycles. The van der Waals surface area contributed by atoms with Gasteiger partial charge < -0.3 is 20.1 Å². The number of methoxy groups -OCH3 is 2. The maximum Gasteiger partial charge on any atom is 0.119 e. The Morgan fingerprint density at radius 1 is 0.741 bits per heavy atom. The third kappa shape index (κ3) is 4.41. The Balaban J connectivity index is 2.09. The monoisotopic (exact) mass is 362 g/mol. The number of ether oxygens (including phenoxy) is 2. The van der Waals surface area contributed by atoms with E-state index in [1.807, 2.05) is 24.3 Å². The van der Waals surface area contributed by atoms with E-state index in [4.69, 9.17) is 15.2 Å². The van der Waals surface area contributed by atoms with E-state index in [1.54, 1.807) is 14.2 Å². The Kier molecular flexibility index (Phi) is 6.34. The number of hydrogen-bond acceptors (Lipinski definition) is 4. The minimum atomic E-state index is 0.680. The van der Waals surface area contributed by atoms with Crippen LogP contribution in [0.25, 0.3) is 0 Å². The first kappa shape index (κ1) is 18.8. The molecule has 140 valence electrons. The summed E-state index contributed by atoms with van der Waals surface area (Å²) in [7, 11) is 3.36. The van der Waals surface area contributed by atoms with Gasteiger partial charge in [0, 0.05) is 17.1 Å². The third-order valence-electron chi connectivity index (χ3n) is 4.54. The van der Waals surface area contributed by atoms with Crippen molar-refractivity contribution in [3.8, 4) is 11.5 Å². The molecule has 4 heteroatoms. The third-order valence-corrected chi connectivity index (χ3v) is 4.54. The molecular formula is C23H26N2O2. The molecule has 3 rings (SSSR count). The Morgan fingerprint density at radius 2 is 1.26 bits per heavy atom. The van der Waals surface area contributed by atoms with Crippen molar-refractivity contribution in [2.24, 2.45) is 5.73 Å². The first-order valence-electron chi connectivity index (χ1n) is 9.13. The van der Waals surface area contributed by atoms with Gasteiger partial charge in [0.1, 0.15) is 11.5 Å². The summed E-state index contributed by atoms with van der Waals surface area (Å²) >= 11 is 0. The highest BCUT2D eigenvalue weighted by molar-refractivity contribution is 5.78. The molecule has 0 aliphatic heterocycles. The smallest absolute Gasteiger partial charge is 0.119 e. The molecule has 0 heterocycles. The summed E-state index contributed by atoms with van der Waals surface area (Å²) in [5.41, 5.74) is 10.3. The van der Waals surface area contributed by atoms with Gasteiger partial charge in [0.15, 0.2) is 0 Å². The van der Waals surface area contributed by atoms with Crippen LogP contribution in [0, 0.1) is 0 Å². The molecule has 0 radical (unpaired) electrons. The lowest BCUT2D eigenvalue weighted by atomic mass is 10.0.